The number of carbonyl (C=O) groups excluding carboxylic acids is 1. The Labute approximate surface area is 199 Å². The zero-order chi connectivity index (χ0) is 23.2. The number of aromatic nitrogens is 1. The van der Waals surface area contributed by atoms with Crippen molar-refractivity contribution < 1.29 is 9.53 Å². The minimum Gasteiger partial charge on any atom is -0.489 e. The molecule has 0 bridgehead atoms. The van der Waals surface area contributed by atoms with Crippen LogP contribution in [0, 0.1) is 20.8 Å². The lowest BCUT2D eigenvalue weighted by Gasteiger charge is -2.20. The van der Waals surface area contributed by atoms with Crippen molar-refractivity contribution >= 4 is 17.4 Å². The molecular formula is C28H28N2O2S. The summed E-state index contributed by atoms with van der Waals surface area (Å²) in [5.41, 5.74) is 6.43. The van der Waals surface area contributed by atoms with Gasteiger partial charge in [0, 0.05) is 10.4 Å². The van der Waals surface area contributed by atoms with Crippen molar-refractivity contribution in [1.82, 2.24) is 9.69 Å². The number of amides is 1. The first-order valence-corrected chi connectivity index (χ1v) is 11.8. The van der Waals surface area contributed by atoms with Crippen molar-refractivity contribution in [3.8, 4) is 5.75 Å². The predicted octanol–water partition coefficient (Wildman–Crippen LogP) is 6.10. The lowest BCUT2D eigenvalue weighted by atomic mass is 9.97. The number of hydrogen-bond donors (Lipinski definition) is 1. The van der Waals surface area contributed by atoms with Gasteiger partial charge in [-0.2, -0.15) is 4.37 Å². The molecule has 168 valence electrons. The normalized spacial score (nSPS) is 11.7. The molecule has 4 nitrogen and oxygen atoms in total. The Morgan fingerprint density at radius 2 is 1.58 bits per heavy atom. The molecule has 4 aromatic rings. The Bertz CT molecular complexity index is 1180. The number of benzene rings is 3. The van der Waals surface area contributed by atoms with Gasteiger partial charge in [0.05, 0.1) is 18.2 Å². The fraction of sp³-hybridized carbons (Fsp3) is 0.214. The van der Waals surface area contributed by atoms with Crippen LogP contribution >= 0.6 is 11.5 Å². The highest BCUT2D eigenvalue weighted by Crippen LogP contribution is 2.23. The van der Waals surface area contributed by atoms with Crippen molar-refractivity contribution in [2.24, 2.45) is 0 Å². The van der Waals surface area contributed by atoms with Gasteiger partial charge in [0.15, 0.2) is 0 Å². The SMILES string of the molecule is Cc1ccc(C(NC(=O)Cc2ccc(OCc3c(C)nsc3C)cc2)c2ccccc2)cc1. The number of ether oxygens (including phenoxy) is 1. The molecule has 1 N–H and O–H groups in total. The number of rotatable bonds is 8. The van der Waals surface area contributed by atoms with E-state index in [0.717, 1.165) is 33.7 Å². The van der Waals surface area contributed by atoms with Crippen LogP contribution in [0.4, 0.5) is 0 Å². The zero-order valence-electron chi connectivity index (χ0n) is 19.2. The van der Waals surface area contributed by atoms with Crippen LogP contribution in [0.1, 0.15) is 44.4 Å². The van der Waals surface area contributed by atoms with Gasteiger partial charge in [0.25, 0.3) is 0 Å². The summed E-state index contributed by atoms with van der Waals surface area (Å²) < 4.78 is 10.3. The highest BCUT2D eigenvalue weighted by Gasteiger charge is 2.17. The summed E-state index contributed by atoms with van der Waals surface area (Å²) in [4.78, 5) is 14.1. The zero-order valence-corrected chi connectivity index (χ0v) is 20.0. The summed E-state index contributed by atoms with van der Waals surface area (Å²) >= 11 is 1.50. The molecule has 4 rings (SSSR count). The molecule has 5 heteroatoms. The summed E-state index contributed by atoms with van der Waals surface area (Å²) in [5, 5.41) is 3.21. The Morgan fingerprint density at radius 3 is 2.21 bits per heavy atom. The van der Waals surface area contributed by atoms with Crippen LogP contribution in [0.25, 0.3) is 0 Å². The molecule has 0 fully saturated rings. The summed E-state index contributed by atoms with van der Waals surface area (Å²) in [6.45, 7) is 6.63. The van der Waals surface area contributed by atoms with E-state index in [1.54, 1.807) is 0 Å². The second kappa shape index (κ2) is 10.5. The van der Waals surface area contributed by atoms with Crippen LogP contribution in [0.2, 0.25) is 0 Å². The summed E-state index contributed by atoms with van der Waals surface area (Å²) in [6, 6.07) is 25.9. The molecule has 1 heterocycles. The number of nitrogens with one attached hydrogen (secondary N) is 1. The molecule has 1 aromatic heterocycles. The van der Waals surface area contributed by atoms with E-state index in [9.17, 15) is 4.79 Å². The van der Waals surface area contributed by atoms with Crippen LogP contribution in [-0.4, -0.2) is 10.3 Å². The Kier molecular flexibility index (Phi) is 7.20. The molecule has 1 unspecified atom stereocenters. The van der Waals surface area contributed by atoms with Gasteiger partial charge in [-0.15, -0.1) is 0 Å². The summed E-state index contributed by atoms with van der Waals surface area (Å²) in [7, 11) is 0. The predicted molar refractivity (Wildman–Crippen MR) is 134 cm³/mol. The van der Waals surface area contributed by atoms with Gasteiger partial charge in [-0.1, -0.05) is 72.3 Å². The van der Waals surface area contributed by atoms with E-state index < -0.39 is 0 Å². The highest BCUT2D eigenvalue weighted by molar-refractivity contribution is 7.05. The Hall–Kier alpha value is -3.44. The van der Waals surface area contributed by atoms with Crippen LogP contribution in [0.15, 0.2) is 78.9 Å². The van der Waals surface area contributed by atoms with Crippen molar-refractivity contribution in [1.29, 1.82) is 0 Å². The number of nitrogens with zero attached hydrogens (tertiary/aromatic N) is 1. The molecular weight excluding hydrogens is 428 g/mol. The van der Waals surface area contributed by atoms with Crippen molar-refractivity contribution in [2.75, 3.05) is 0 Å². The molecule has 0 spiro atoms. The van der Waals surface area contributed by atoms with Gasteiger partial charge < -0.3 is 10.1 Å². The number of carbonyl (C=O) groups is 1. The van der Waals surface area contributed by atoms with Crippen LogP contribution in [-0.2, 0) is 17.8 Å². The fourth-order valence-electron chi connectivity index (χ4n) is 3.73. The summed E-state index contributed by atoms with van der Waals surface area (Å²) in [5.74, 6) is 0.764. The molecule has 0 aliphatic carbocycles. The maximum atomic E-state index is 12.9. The van der Waals surface area contributed by atoms with Crippen molar-refractivity contribution in [3.63, 3.8) is 0 Å². The second-order valence-electron chi connectivity index (χ2n) is 8.23. The van der Waals surface area contributed by atoms with Crippen LogP contribution < -0.4 is 10.1 Å². The quantitative estimate of drug-likeness (QED) is 0.349. The largest absolute Gasteiger partial charge is 0.489 e. The first-order valence-electron chi connectivity index (χ1n) is 11.0. The summed E-state index contributed by atoms with van der Waals surface area (Å²) in [6.07, 6.45) is 0.308. The van der Waals surface area contributed by atoms with Gasteiger partial charge >= 0.3 is 0 Å². The fourth-order valence-corrected chi connectivity index (χ4v) is 4.43. The van der Waals surface area contributed by atoms with Crippen LogP contribution in [0.3, 0.4) is 0 Å². The van der Waals surface area contributed by atoms with Crippen molar-refractivity contribution in [3.05, 3.63) is 117 Å². The van der Waals surface area contributed by atoms with Gasteiger partial charge in [0.1, 0.15) is 12.4 Å². The maximum Gasteiger partial charge on any atom is 0.225 e. The monoisotopic (exact) mass is 456 g/mol. The molecule has 0 saturated carbocycles. The minimum atomic E-state index is -0.187. The minimum absolute atomic E-state index is 0.0197. The average Bonchev–Trinajstić information content (AvgIpc) is 3.15. The van der Waals surface area contributed by atoms with E-state index in [-0.39, 0.29) is 11.9 Å². The maximum absolute atomic E-state index is 12.9. The average molecular weight is 457 g/mol. The van der Waals surface area contributed by atoms with E-state index in [2.05, 4.69) is 47.8 Å². The van der Waals surface area contributed by atoms with Gasteiger partial charge in [0.2, 0.25) is 5.91 Å². The van der Waals surface area contributed by atoms with Gasteiger partial charge in [-0.25, -0.2) is 0 Å². The van der Waals surface area contributed by atoms with Crippen molar-refractivity contribution in [2.45, 2.75) is 39.8 Å². The Morgan fingerprint density at radius 1 is 0.909 bits per heavy atom. The van der Waals surface area contributed by atoms with E-state index >= 15 is 0 Å². The van der Waals surface area contributed by atoms with E-state index in [1.165, 1.54) is 22.0 Å². The lowest BCUT2D eigenvalue weighted by molar-refractivity contribution is -0.120. The molecule has 0 aliphatic heterocycles. The van der Waals surface area contributed by atoms with E-state index in [4.69, 9.17) is 4.74 Å². The van der Waals surface area contributed by atoms with Gasteiger partial charge in [-0.05, 0) is 61.1 Å². The molecule has 0 saturated heterocycles. The standard InChI is InChI=1S/C28H28N2O2S/c1-19-9-13-24(14-10-19)28(23-7-5-4-6-8-23)29-27(31)17-22-11-15-25(16-12-22)32-18-26-20(2)30-33-21(26)3/h4-16,28H,17-18H2,1-3H3,(H,29,31). The first kappa shape index (κ1) is 22.7. The molecule has 0 radical (unpaired) electrons. The van der Waals surface area contributed by atoms with Gasteiger partial charge in [-0.3, -0.25) is 4.79 Å². The van der Waals surface area contributed by atoms with E-state index in [1.807, 2.05) is 61.5 Å². The second-order valence-corrected chi connectivity index (χ2v) is 9.21. The smallest absolute Gasteiger partial charge is 0.225 e. The first-order chi connectivity index (χ1) is 16.0. The lowest BCUT2D eigenvalue weighted by Crippen LogP contribution is -2.30. The Balaban J connectivity index is 1.40. The molecule has 1 atom stereocenters. The third-order valence-electron chi connectivity index (χ3n) is 5.70. The number of hydrogen-bond acceptors (Lipinski definition) is 4. The van der Waals surface area contributed by atoms with Crippen LogP contribution in [0.5, 0.6) is 5.75 Å². The third-order valence-corrected chi connectivity index (χ3v) is 6.59. The highest BCUT2D eigenvalue weighted by atomic mass is 32.1. The number of aryl methyl sites for hydroxylation is 3. The molecule has 33 heavy (non-hydrogen) atoms. The molecule has 3 aromatic carbocycles. The molecule has 0 aliphatic rings. The molecule has 1 amide bonds. The third kappa shape index (κ3) is 5.88. The van der Waals surface area contributed by atoms with E-state index in [0.29, 0.717) is 13.0 Å². The topological polar surface area (TPSA) is 51.2 Å².